The molecule has 0 atom stereocenters. The molecule has 0 aromatic rings. The van der Waals surface area contributed by atoms with E-state index in [4.69, 9.17) is 0 Å². The van der Waals surface area contributed by atoms with Gasteiger partial charge in [-0.1, -0.05) is 6.92 Å². The van der Waals surface area contributed by atoms with Gasteiger partial charge in [0.25, 0.3) is 0 Å². The summed E-state index contributed by atoms with van der Waals surface area (Å²) in [5, 5.41) is 0. The highest BCUT2D eigenvalue weighted by atomic mass is 14.7. The van der Waals surface area contributed by atoms with Crippen LogP contribution in [-0.2, 0) is 0 Å². The Kier molecular flexibility index (Phi) is 4.41. The third-order valence-corrected chi connectivity index (χ3v) is 0.494. The predicted molar refractivity (Wildman–Crippen MR) is 28.3 cm³/mol. The first-order valence-corrected chi connectivity index (χ1v) is 2.25. The van der Waals surface area contributed by atoms with Crippen molar-refractivity contribution in [2.45, 2.75) is 20.3 Å². The Hall–Kier alpha value is -0.330. The van der Waals surface area contributed by atoms with Crippen LogP contribution in [0.5, 0.6) is 0 Å². The Morgan fingerprint density at radius 2 is 2.33 bits per heavy atom. The monoisotopic (exact) mass is 84.1 g/mol. The molecule has 0 N–H and O–H groups in total. The lowest BCUT2D eigenvalue weighted by molar-refractivity contribution is 0.936. The van der Waals surface area contributed by atoms with Gasteiger partial charge in [-0.2, -0.15) is 0 Å². The van der Waals surface area contributed by atoms with Gasteiger partial charge in [0, 0.05) is 6.54 Å². The van der Waals surface area contributed by atoms with Crippen molar-refractivity contribution in [3.8, 4) is 0 Å². The van der Waals surface area contributed by atoms with Crippen LogP contribution < -0.4 is 0 Å². The summed E-state index contributed by atoms with van der Waals surface area (Å²) in [6.45, 7) is 4.84. The van der Waals surface area contributed by atoms with Gasteiger partial charge in [-0.25, -0.2) is 0 Å². The van der Waals surface area contributed by atoms with Gasteiger partial charge in [-0.15, -0.1) is 0 Å². The highest BCUT2D eigenvalue weighted by Crippen LogP contribution is 1.72. The largest absolute Gasteiger partial charge is 0.288 e. The van der Waals surface area contributed by atoms with Crippen LogP contribution >= 0.6 is 0 Å². The summed E-state index contributed by atoms with van der Waals surface area (Å²) in [5.41, 5.74) is 0. The van der Waals surface area contributed by atoms with E-state index in [1.165, 1.54) is 0 Å². The van der Waals surface area contributed by atoms with E-state index in [0.29, 0.717) is 0 Å². The van der Waals surface area contributed by atoms with E-state index in [1.54, 1.807) is 0 Å². The molecule has 0 aliphatic carbocycles. The maximum Gasteiger partial charge on any atom is 0.0524 e. The van der Waals surface area contributed by atoms with E-state index in [2.05, 4.69) is 18.1 Å². The van der Waals surface area contributed by atoms with Gasteiger partial charge in [0.1, 0.15) is 0 Å². The Labute approximate surface area is 39.1 Å². The number of nitrogens with zero attached hydrogens (tertiary/aromatic N) is 1. The number of rotatable bonds is 2. The number of aliphatic imine (C=N–C) groups is 1. The molecule has 1 radical (unpaired) electrons. The molecule has 0 spiro atoms. The third kappa shape index (κ3) is 3.67. The molecule has 0 rings (SSSR count). The normalized spacial score (nSPS) is 10.3. The Bertz CT molecular complexity index is 39.2. The molecule has 0 amide bonds. The van der Waals surface area contributed by atoms with Crippen molar-refractivity contribution in [1.29, 1.82) is 0 Å². The molecule has 6 heavy (non-hydrogen) atoms. The minimum absolute atomic E-state index is 0.927. The Morgan fingerprint density at radius 3 is 2.50 bits per heavy atom. The van der Waals surface area contributed by atoms with Gasteiger partial charge in [0.15, 0.2) is 0 Å². The Morgan fingerprint density at radius 1 is 1.67 bits per heavy atom. The van der Waals surface area contributed by atoms with Crippen LogP contribution in [0.25, 0.3) is 0 Å². The lowest BCUT2D eigenvalue weighted by atomic mass is 10.5. The summed E-state index contributed by atoms with van der Waals surface area (Å²) in [6, 6.07) is 0. The van der Waals surface area contributed by atoms with E-state index >= 15 is 0 Å². The van der Waals surface area contributed by atoms with Gasteiger partial charge in [0.05, 0.1) is 6.21 Å². The molecule has 0 heterocycles. The molecule has 1 heteroatoms. The van der Waals surface area contributed by atoms with Crippen LogP contribution in [0.3, 0.4) is 0 Å². The zero-order valence-corrected chi connectivity index (χ0v) is 4.36. The zero-order chi connectivity index (χ0) is 4.83. The quantitative estimate of drug-likeness (QED) is 0.448. The fourth-order valence-corrected chi connectivity index (χ4v) is 0.224. The summed E-state index contributed by atoms with van der Waals surface area (Å²) in [4.78, 5) is 3.84. The Balaban J connectivity index is 2.66. The average molecular weight is 84.1 g/mol. The standard InChI is InChI=1S/C5H10N/c1-3-5-6-4-2/h3,5H2,1-2H3. The van der Waals surface area contributed by atoms with Crippen molar-refractivity contribution in [3.05, 3.63) is 0 Å². The van der Waals surface area contributed by atoms with E-state index in [-0.39, 0.29) is 0 Å². The second kappa shape index (κ2) is 4.67. The van der Waals surface area contributed by atoms with Crippen LogP contribution in [0.15, 0.2) is 4.99 Å². The SMILES string of the molecule is C/[C]=N/CCC. The van der Waals surface area contributed by atoms with Crippen LogP contribution in [0.1, 0.15) is 20.3 Å². The number of hydrogen-bond donors (Lipinski definition) is 0. The minimum atomic E-state index is 0.927. The lowest BCUT2D eigenvalue weighted by Crippen LogP contribution is -1.71. The molecule has 0 saturated carbocycles. The molecule has 0 saturated heterocycles. The van der Waals surface area contributed by atoms with Crippen LogP contribution in [-0.4, -0.2) is 12.8 Å². The first-order chi connectivity index (χ1) is 2.91. The second-order valence-electron chi connectivity index (χ2n) is 1.11. The maximum atomic E-state index is 3.84. The molecular weight excluding hydrogens is 74.1 g/mol. The first kappa shape index (κ1) is 5.67. The smallest absolute Gasteiger partial charge is 0.0524 e. The zero-order valence-electron chi connectivity index (χ0n) is 4.36. The average Bonchev–Trinajstić information content (AvgIpc) is 1.61. The fourth-order valence-electron chi connectivity index (χ4n) is 0.224. The summed E-state index contributed by atoms with van der Waals surface area (Å²) in [7, 11) is 0. The first-order valence-electron chi connectivity index (χ1n) is 2.25. The van der Waals surface area contributed by atoms with E-state index in [0.717, 1.165) is 13.0 Å². The van der Waals surface area contributed by atoms with Crippen molar-refractivity contribution >= 4 is 6.21 Å². The van der Waals surface area contributed by atoms with Crippen LogP contribution in [0, 0.1) is 0 Å². The molecule has 0 aliphatic heterocycles. The molecule has 35 valence electrons. The van der Waals surface area contributed by atoms with Crippen molar-refractivity contribution in [3.63, 3.8) is 0 Å². The fraction of sp³-hybridized carbons (Fsp3) is 0.800. The summed E-state index contributed by atoms with van der Waals surface area (Å²) in [5.74, 6) is 0. The van der Waals surface area contributed by atoms with Gasteiger partial charge >= 0.3 is 0 Å². The lowest BCUT2D eigenvalue weighted by Gasteiger charge is -1.77. The van der Waals surface area contributed by atoms with E-state index < -0.39 is 0 Å². The van der Waals surface area contributed by atoms with Crippen molar-refractivity contribution in [1.82, 2.24) is 0 Å². The molecular formula is C5H10N. The highest BCUT2D eigenvalue weighted by molar-refractivity contribution is 5.53. The van der Waals surface area contributed by atoms with Gasteiger partial charge in [0.2, 0.25) is 0 Å². The summed E-state index contributed by atoms with van der Waals surface area (Å²) in [6.07, 6.45) is 3.82. The van der Waals surface area contributed by atoms with E-state index in [9.17, 15) is 0 Å². The van der Waals surface area contributed by atoms with Gasteiger partial charge in [-0.05, 0) is 13.3 Å². The molecule has 0 aromatic heterocycles. The second-order valence-corrected chi connectivity index (χ2v) is 1.11. The van der Waals surface area contributed by atoms with Crippen molar-refractivity contribution in [2.24, 2.45) is 4.99 Å². The molecule has 1 nitrogen and oxygen atoms in total. The molecule has 0 aliphatic rings. The molecule has 0 bridgehead atoms. The highest BCUT2D eigenvalue weighted by Gasteiger charge is 1.65. The van der Waals surface area contributed by atoms with Gasteiger partial charge < -0.3 is 0 Å². The van der Waals surface area contributed by atoms with Gasteiger partial charge in [-0.3, -0.25) is 4.99 Å². The molecule has 0 fully saturated rings. The van der Waals surface area contributed by atoms with Crippen LogP contribution in [0.2, 0.25) is 0 Å². The van der Waals surface area contributed by atoms with E-state index in [1.807, 2.05) is 6.92 Å². The summed E-state index contributed by atoms with van der Waals surface area (Å²) < 4.78 is 0. The van der Waals surface area contributed by atoms with Crippen molar-refractivity contribution in [2.75, 3.05) is 6.54 Å². The molecule has 0 aromatic carbocycles. The molecule has 0 unspecified atom stereocenters. The third-order valence-electron chi connectivity index (χ3n) is 0.494. The van der Waals surface area contributed by atoms with Crippen molar-refractivity contribution < 1.29 is 0 Å². The topological polar surface area (TPSA) is 12.4 Å². The minimum Gasteiger partial charge on any atom is -0.288 e. The number of hydrogen-bond acceptors (Lipinski definition) is 1. The van der Waals surface area contributed by atoms with Crippen LogP contribution in [0.4, 0.5) is 0 Å². The summed E-state index contributed by atoms with van der Waals surface area (Å²) >= 11 is 0. The predicted octanol–water partition coefficient (Wildman–Crippen LogP) is 1.36. The maximum absolute atomic E-state index is 3.84.